The Morgan fingerprint density at radius 2 is 1.97 bits per heavy atom. The van der Waals surface area contributed by atoms with Crippen LogP contribution in [0.1, 0.15) is 11.1 Å². The zero-order chi connectivity index (χ0) is 26.3. The van der Waals surface area contributed by atoms with Crippen LogP contribution in [0.25, 0.3) is 0 Å². The van der Waals surface area contributed by atoms with Crippen LogP contribution in [0.4, 0.5) is 4.79 Å². The van der Waals surface area contributed by atoms with Gasteiger partial charge >= 0.3 is 6.09 Å². The molecule has 36 heavy (non-hydrogen) atoms. The number of carbonyl (C=O) groups is 2. The second kappa shape index (κ2) is 12.0. The molecule has 12 heteroatoms. The molecule has 0 unspecified atom stereocenters. The lowest BCUT2D eigenvalue weighted by molar-refractivity contribution is -0.125. The second-order valence-electron chi connectivity index (χ2n) is 7.94. The van der Waals surface area contributed by atoms with Crippen molar-refractivity contribution in [1.82, 2.24) is 15.1 Å². The Labute approximate surface area is 214 Å². The largest absolute Gasteiger partial charge is 0.497 e. The van der Waals surface area contributed by atoms with Crippen LogP contribution in [0.2, 0.25) is 5.02 Å². The van der Waals surface area contributed by atoms with Crippen molar-refractivity contribution in [1.29, 1.82) is 0 Å². The predicted octanol–water partition coefficient (Wildman–Crippen LogP) is 2.62. The molecule has 1 heterocycles. The SMILES string of the molecule is COc1ccc(S(=O)(=O)CNC/C=C/C(=O)N(C)Cc2ccc(C3=NCCN3C(=O)O)cc2)c(Cl)c1. The minimum Gasteiger partial charge on any atom is -0.497 e. The number of hydrogen-bond acceptors (Lipinski definition) is 7. The van der Waals surface area contributed by atoms with E-state index < -0.39 is 15.9 Å². The summed E-state index contributed by atoms with van der Waals surface area (Å²) in [5.74, 6) is 0.287. The Morgan fingerprint density at radius 1 is 1.25 bits per heavy atom. The molecule has 1 aliphatic heterocycles. The molecule has 0 atom stereocenters. The van der Waals surface area contributed by atoms with Gasteiger partial charge in [-0.15, -0.1) is 0 Å². The third kappa shape index (κ3) is 6.84. The average Bonchev–Trinajstić information content (AvgIpc) is 3.34. The number of methoxy groups -OCH3 is 1. The molecule has 0 aromatic heterocycles. The Bertz CT molecular complexity index is 1280. The standard InChI is InChI=1S/C24H27ClN4O6S/c1-28(15-17-5-7-18(8-6-17)23-27-12-13-29(23)24(31)32)22(30)4-3-11-26-16-36(33,34)21-10-9-19(35-2)14-20(21)25/h3-10,14,26H,11-13,15-16H2,1-2H3,(H,31,32)/b4-3+. The van der Waals surface area contributed by atoms with Gasteiger partial charge < -0.3 is 14.7 Å². The van der Waals surface area contributed by atoms with Crippen LogP contribution >= 0.6 is 11.6 Å². The molecule has 0 fully saturated rings. The highest BCUT2D eigenvalue weighted by Crippen LogP contribution is 2.26. The normalized spacial score (nSPS) is 13.6. The molecule has 0 aliphatic carbocycles. The fourth-order valence-electron chi connectivity index (χ4n) is 3.49. The van der Waals surface area contributed by atoms with Gasteiger partial charge in [-0.05, 0) is 17.7 Å². The van der Waals surface area contributed by atoms with Crippen molar-refractivity contribution in [3.8, 4) is 5.75 Å². The van der Waals surface area contributed by atoms with Crippen molar-refractivity contribution in [2.75, 3.05) is 39.7 Å². The maximum atomic E-state index is 12.5. The lowest BCUT2D eigenvalue weighted by Crippen LogP contribution is -2.33. The number of carbonyl (C=O) groups excluding carboxylic acids is 1. The third-order valence-corrected chi connectivity index (χ3v) is 7.40. The van der Waals surface area contributed by atoms with Gasteiger partial charge in [0, 0.05) is 37.8 Å². The van der Waals surface area contributed by atoms with Gasteiger partial charge in [0.2, 0.25) is 5.91 Å². The molecule has 0 bridgehead atoms. The molecule has 0 saturated carbocycles. The average molecular weight is 535 g/mol. The first-order chi connectivity index (χ1) is 17.1. The molecule has 0 spiro atoms. The molecule has 2 N–H and O–H groups in total. The van der Waals surface area contributed by atoms with E-state index in [0.29, 0.717) is 36.8 Å². The van der Waals surface area contributed by atoms with E-state index in [1.54, 1.807) is 25.3 Å². The van der Waals surface area contributed by atoms with Crippen LogP contribution < -0.4 is 10.1 Å². The summed E-state index contributed by atoms with van der Waals surface area (Å²) >= 11 is 6.05. The van der Waals surface area contributed by atoms with Gasteiger partial charge in [-0.25, -0.2) is 13.2 Å². The lowest BCUT2D eigenvalue weighted by Gasteiger charge is -2.17. The predicted molar refractivity (Wildman–Crippen MR) is 136 cm³/mol. The maximum Gasteiger partial charge on any atom is 0.413 e. The van der Waals surface area contributed by atoms with Crippen LogP contribution in [-0.2, 0) is 21.2 Å². The molecule has 1 aliphatic rings. The monoisotopic (exact) mass is 534 g/mol. The highest BCUT2D eigenvalue weighted by atomic mass is 35.5. The molecule has 3 rings (SSSR count). The van der Waals surface area contributed by atoms with Crippen molar-refractivity contribution in [3.63, 3.8) is 0 Å². The number of nitrogens with one attached hydrogen (secondary N) is 1. The highest BCUT2D eigenvalue weighted by Gasteiger charge is 2.24. The van der Waals surface area contributed by atoms with E-state index in [-0.39, 0.29) is 28.2 Å². The molecule has 0 radical (unpaired) electrons. The Morgan fingerprint density at radius 3 is 2.61 bits per heavy atom. The van der Waals surface area contributed by atoms with Gasteiger partial charge in [-0.1, -0.05) is 41.9 Å². The highest BCUT2D eigenvalue weighted by molar-refractivity contribution is 7.91. The van der Waals surface area contributed by atoms with Gasteiger partial charge in [-0.3, -0.25) is 20.0 Å². The van der Waals surface area contributed by atoms with E-state index >= 15 is 0 Å². The van der Waals surface area contributed by atoms with E-state index in [4.69, 9.17) is 16.3 Å². The van der Waals surface area contributed by atoms with Crippen LogP contribution in [0.15, 0.2) is 64.5 Å². The Balaban J connectivity index is 1.48. The van der Waals surface area contributed by atoms with E-state index in [1.807, 2.05) is 12.1 Å². The molecular weight excluding hydrogens is 508 g/mol. The third-order valence-electron chi connectivity index (χ3n) is 5.37. The molecule has 2 aromatic carbocycles. The first-order valence-corrected chi connectivity index (χ1v) is 13.0. The van der Waals surface area contributed by atoms with E-state index in [2.05, 4.69) is 10.3 Å². The number of amides is 2. The zero-order valence-electron chi connectivity index (χ0n) is 19.8. The van der Waals surface area contributed by atoms with Crippen molar-refractivity contribution < 1.29 is 27.9 Å². The van der Waals surface area contributed by atoms with Gasteiger partial charge in [-0.2, -0.15) is 0 Å². The minimum absolute atomic E-state index is 0.000976. The topological polar surface area (TPSA) is 129 Å². The van der Waals surface area contributed by atoms with Crippen LogP contribution in [0, 0.1) is 0 Å². The van der Waals surface area contributed by atoms with E-state index in [1.165, 1.54) is 41.2 Å². The molecule has 0 saturated heterocycles. The summed E-state index contributed by atoms with van der Waals surface area (Å²) < 4.78 is 30.0. The summed E-state index contributed by atoms with van der Waals surface area (Å²) in [5.41, 5.74) is 1.56. The van der Waals surface area contributed by atoms with E-state index in [9.17, 15) is 23.1 Å². The number of amidine groups is 1. The summed E-state index contributed by atoms with van der Waals surface area (Å²) in [6.07, 6.45) is 1.88. The number of benzene rings is 2. The quantitative estimate of drug-likeness (QED) is 0.354. The molecule has 2 aromatic rings. The number of rotatable bonds is 10. The molecule has 192 valence electrons. The van der Waals surface area contributed by atoms with Crippen molar-refractivity contribution in [2.24, 2.45) is 4.99 Å². The summed E-state index contributed by atoms with van der Waals surface area (Å²) in [7, 11) is -0.550. The Kier molecular flexibility index (Phi) is 9.08. The van der Waals surface area contributed by atoms with Crippen molar-refractivity contribution in [2.45, 2.75) is 11.4 Å². The number of aliphatic imine (C=N–C) groups is 1. The first-order valence-electron chi connectivity index (χ1n) is 10.9. The van der Waals surface area contributed by atoms with Gasteiger partial charge in [0.25, 0.3) is 0 Å². The number of nitrogens with zero attached hydrogens (tertiary/aromatic N) is 3. The summed E-state index contributed by atoms with van der Waals surface area (Å²) in [6, 6.07) is 11.5. The number of sulfone groups is 1. The van der Waals surface area contributed by atoms with Gasteiger partial charge in [0.15, 0.2) is 9.84 Å². The number of halogens is 1. The van der Waals surface area contributed by atoms with Crippen molar-refractivity contribution >= 4 is 39.3 Å². The number of hydrogen-bond donors (Lipinski definition) is 2. The second-order valence-corrected chi connectivity index (χ2v) is 10.3. The zero-order valence-corrected chi connectivity index (χ0v) is 21.4. The van der Waals surface area contributed by atoms with Crippen LogP contribution in [-0.4, -0.2) is 80.8 Å². The number of likely N-dealkylation sites (N-methyl/N-ethyl adjacent to an activating group) is 1. The van der Waals surface area contributed by atoms with Crippen LogP contribution in [0.3, 0.4) is 0 Å². The van der Waals surface area contributed by atoms with Gasteiger partial charge in [0.1, 0.15) is 17.5 Å². The molecular formula is C24H27ClN4O6S. The smallest absolute Gasteiger partial charge is 0.413 e. The minimum atomic E-state index is -3.66. The van der Waals surface area contributed by atoms with Crippen LogP contribution in [0.5, 0.6) is 5.75 Å². The number of ether oxygens (including phenoxy) is 1. The van der Waals surface area contributed by atoms with E-state index in [0.717, 1.165) is 5.56 Å². The summed E-state index contributed by atoms with van der Waals surface area (Å²) in [4.78, 5) is 30.7. The maximum absolute atomic E-state index is 12.5. The number of carboxylic acid groups (broad SMARTS) is 1. The lowest BCUT2D eigenvalue weighted by atomic mass is 10.1. The molecule has 2 amide bonds. The fraction of sp³-hybridized carbons (Fsp3) is 0.292. The van der Waals surface area contributed by atoms with Gasteiger partial charge in [0.05, 0.1) is 30.1 Å². The Hall–Kier alpha value is -3.41. The molecule has 10 nitrogen and oxygen atoms in total. The fourth-order valence-corrected chi connectivity index (χ4v) is 5.19. The summed E-state index contributed by atoms with van der Waals surface area (Å²) in [6.45, 7) is 1.29. The van der Waals surface area contributed by atoms with Crippen molar-refractivity contribution in [3.05, 3.63) is 70.8 Å². The summed E-state index contributed by atoms with van der Waals surface area (Å²) in [5, 5.41) is 12.1. The first kappa shape index (κ1) is 27.2.